The van der Waals surface area contributed by atoms with E-state index >= 15 is 0 Å². The van der Waals surface area contributed by atoms with E-state index in [4.69, 9.17) is 0 Å². The van der Waals surface area contributed by atoms with Crippen LogP contribution in [0.25, 0.3) is 0 Å². The first-order chi connectivity index (χ1) is 8.68. The number of rotatable bonds is 3. The minimum absolute atomic E-state index is 0.229. The number of nitrogens with zero attached hydrogens (tertiary/aromatic N) is 1. The lowest BCUT2D eigenvalue weighted by Gasteiger charge is -2.27. The maximum Gasteiger partial charge on any atom is 0.325 e. The Kier molecular flexibility index (Phi) is 4.41. The molecule has 0 radical (unpaired) electrons. The fraction of sp³-hybridized carbons (Fsp3) is 0.833. The zero-order valence-corrected chi connectivity index (χ0v) is 10.5. The van der Waals surface area contributed by atoms with Gasteiger partial charge in [0.25, 0.3) is 0 Å². The zero-order valence-electron chi connectivity index (χ0n) is 10.5. The molecule has 0 aromatic heterocycles. The fourth-order valence-electron chi connectivity index (χ4n) is 2.64. The van der Waals surface area contributed by atoms with Crippen molar-refractivity contribution in [3.8, 4) is 0 Å². The lowest BCUT2D eigenvalue weighted by molar-refractivity contribution is 0.0846. The average Bonchev–Trinajstić information content (AvgIpc) is 2.83. The van der Waals surface area contributed by atoms with Crippen LogP contribution in [0, 0.1) is 5.92 Å². The van der Waals surface area contributed by atoms with Gasteiger partial charge in [-0.05, 0) is 18.8 Å². The van der Waals surface area contributed by atoms with Crippen LogP contribution in [0.15, 0.2) is 0 Å². The molecule has 3 N–H and O–H groups in total. The van der Waals surface area contributed by atoms with Gasteiger partial charge in [-0.2, -0.15) is 0 Å². The van der Waals surface area contributed by atoms with Crippen molar-refractivity contribution in [2.75, 3.05) is 19.6 Å². The third kappa shape index (κ3) is 3.13. The molecule has 0 bridgehead atoms. The van der Waals surface area contributed by atoms with E-state index < -0.39 is 12.1 Å². The second kappa shape index (κ2) is 6.04. The average molecular weight is 255 g/mol. The number of carbonyl (C=O) groups excluding carboxylic acids is 2. The summed E-state index contributed by atoms with van der Waals surface area (Å²) in [4.78, 5) is 24.1. The SMILES string of the molecule is O=C1NCCN1C(=O)NC[C@H](O)C1CCCCC1. The van der Waals surface area contributed by atoms with E-state index in [-0.39, 0.29) is 18.5 Å². The van der Waals surface area contributed by atoms with Gasteiger partial charge in [0, 0.05) is 19.6 Å². The summed E-state index contributed by atoms with van der Waals surface area (Å²) in [6.07, 6.45) is 5.11. The van der Waals surface area contributed by atoms with Gasteiger partial charge in [-0.3, -0.25) is 0 Å². The predicted molar refractivity (Wildman–Crippen MR) is 66.1 cm³/mol. The standard InChI is InChI=1S/C12H21N3O3/c16-10(9-4-2-1-3-5-9)8-14-12(18)15-7-6-13-11(15)17/h9-10,16H,1-8H2,(H,13,17)(H,14,18)/t10-/m0/s1. The summed E-state index contributed by atoms with van der Waals surface area (Å²) >= 11 is 0. The third-order valence-corrected chi connectivity index (χ3v) is 3.76. The molecule has 0 spiro atoms. The van der Waals surface area contributed by atoms with E-state index in [9.17, 15) is 14.7 Å². The minimum Gasteiger partial charge on any atom is -0.391 e. The molecule has 0 unspecified atom stereocenters. The summed E-state index contributed by atoms with van der Waals surface area (Å²) in [7, 11) is 0. The Bertz CT molecular complexity index is 316. The Morgan fingerprint density at radius 3 is 2.78 bits per heavy atom. The summed E-state index contributed by atoms with van der Waals surface area (Å²) < 4.78 is 0. The maximum absolute atomic E-state index is 11.7. The third-order valence-electron chi connectivity index (χ3n) is 3.76. The largest absolute Gasteiger partial charge is 0.391 e. The highest BCUT2D eigenvalue weighted by molar-refractivity contribution is 5.94. The topological polar surface area (TPSA) is 81.7 Å². The van der Waals surface area contributed by atoms with Crippen LogP contribution in [-0.2, 0) is 0 Å². The first-order valence-corrected chi connectivity index (χ1v) is 6.70. The molecule has 4 amide bonds. The van der Waals surface area contributed by atoms with Gasteiger partial charge >= 0.3 is 12.1 Å². The zero-order chi connectivity index (χ0) is 13.0. The van der Waals surface area contributed by atoms with Crippen molar-refractivity contribution in [1.82, 2.24) is 15.5 Å². The summed E-state index contributed by atoms with van der Waals surface area (Å²) in [5, 5.41) is 15.2. The van der Waals surface area contributed by atoms with E-state index in [1.807, 2.05) is 0 Å². The molecular formula is C12H21N3O3. The molecule has 0 aromatic rings. The van der Waals surface area contributed by atoms with E-state index in [1.165, 1.54) is 6.42 Å². The molecule has 1 heterocycles. The second-order valence-corrected chi connectivity index (χ2v) is 5.04. The molecular weight excluding hydrogens is 234 g/mol. The second-order valence-electron chi connectivity index (χ2n) is 5.04. The molecule has 6 nitrogen and oxygen atoms in total. The van der Waals surface area contributed by atoms with Gasteiger partial charge < -0.3 is 15.7 Å². The number of carbonyl (C=O) groups is 2. The molecule has 0 aromatic carbocycles. The molecule has 6 heteroatoms. The van der Waals surface area contributed by atoms with Crippen LogP contribution in [0.3, 0.4) is 0 Å². The van der Waals surface area contributed by atoms with Crippen LogP contribution < -0.4 is 10.6 Å². The van der Waals surface area contributed by atoms with E-state index in [0.717, 1.165) is 30.6 Å². The van der Waals surface area contributed by atoms with Crippen molar-refractivity contribution in [2.24, 2.45) is 5.92 Å². The van der Waals surface area contributed by atoms with Gasteiger partial charge in [-0.15, -0.1) is 0 Å². The van der Waals surface area contributed by atoms with Crippen molar-refractivity contribution in [2.45, 2.75) is 38.2 Å². The number of amides is 4. The first-order valence-electron chi connectivity index (χ1n) is 6.70. The van der Waals surface area contributed by atoms with E-state index in [2.05, 4.69) is 10.6 Å². The van der Waals surface area contributed by atoms with Crippen molar-refractivity contribution in [1.29, 1.82) is 0 Å². The molecule has 1 aliphatic carbocycles. The van der Waals surface area contributed by atoms with Crippen LogP contribution >= 0.6 is 0 Å². The molecule has 1 saturated heterocycles. The molecule has 1 atom stereocenters. The Balaban J connectivity index is 1.73. The Labute approximate surface area is 107 Å². The first kappa shape index (κ1) is 13.1. The van der Waals surface area contributed by atoms with Gasteiger partial charge in [0.15, 0.2) is 0 Å². The van der Waals surface area contributed by atoms with Crippen LogP contribution in [-0.4, -0.2) is 47.8 Å². The molecule has 18 heavy (non-hydrogen) atoms. The fourth-order valence-corrected chi connectivity index (χ4v) is 2.64. The quantitative estimate of drug-likeness (QED) is 0.693. The number of aliphatic hydroxyl groups excluding tert-OH is 1. The van der Waals surface area contributed by atoms with Crippen LogP contribution in [0.2, 0.25) is 0 Å². The Hall–Kier alpha value is -1.30. The maximum atomic E-state index is 11.7. The number of nitrogens with one attached hydrogen (secondary N) is 2. The van der Waals surface area contributed by atoms with Gasteiger partial charge in [-0.1, -0.05) is 19.3 Å². The molecule has 1 saturated carbocycles. The van der Waals surface area contributed by atoms with Crippen molar-refractivity contribution in [3.05, 3.63) is 0 Å². The summed E-state index contributed by atoms with van der Waals surface area (Å²) in [5.74, 6) is 0.284. The summed E-state index contributed by atoms with van der Waals surface area (Å²) in [6.45, 7) is 1.12. The van der Waals surface area contributed by atoms with E-state index in [0.29, 0.717) is 13.1 Å². The highest BCUT2D eigenvalue weighted by Gasteiger charge is 2.27. The lowest BCUT2D eigenvalue weighted by atomic mass is 9.85. The van der Waals surface area contributed by atoms with Crippen LogP contribution in [0.1, 0.15) is 32.1 Å². The molecule has 2 rings (SSSR count). The Morgan fingerprint density at radius 1 is 1.44 bits per heavy atom. The predicted octanol–water partition coefficient (Wildman–Crippen LogP) is 0.662. The number of hydrogen-bond acceptors (Lipinski definition) is 3. The molecule has 102 valence electrons. The number of aliphatic hydroxyl groups is 1. The number of imide groups is 1. The van der Waals surface area contributed by atoms with Crippen molar-refractivity contribution in [3.63, 3.8) is 0 Å². The van der Waals surface area contributed by atoms with E-state index in [1.54, 1.807) is 0 Å². The van der Waals surface area contributed by atoms with Gasteiger partial charge in [0.2, 0.25) is 0 Å². The van der Waals surface area contributed by atoms with Gasteiger partial charge in [0.1, 0.15) is 0 Å². The highest BCUT2D eigenvalue weighted by Crippen LogP contribution is 2.26. The number of hydrogen-bond donors (Lipinski definition) is 3. The summed E-state index contributed by atoms with van der Waals surface area (Å²) in [6, 6.07) is -0.778. The van der Waals surface area contributed by atoms with Gasteiger partial charge in [-0.25, -0.2) is 14.5 Å². The van der Waals surface area contributed by atoms with Crippen molar-refractivity contribution < 1.29 is 14.7 Å². The molecule has 2 fully saturated rings. The molecule has 2 aliphatic rings. The van der Waals surface area contributed by atoms with Crippen molar-refractivity contribution >= 4 is 12.1 Å². The summed E-state index contributed by atoms with van der Waals surface area (Å²) in [5.41, 5.74) is 0. The van der Waals surface area contributed by atoms with Crippen LogP contribution in [0.4, 0.5) is 9.59 Å². The minimum atomic E-state index is -0.500. The lowest BCUT2D eigenvalue weighted by Crippen LogP contribution is -2.45. The number of urea groups is 2. The highest BCUT2D eigenvalue weighted by atomic mass is 16.3. The van der Waals surface area contributed by atoms with Gasteiger partial charge in [0.05, 0.1) is 6.10 Å². The smallest absolute Gasteiger partial charge is 0.325 e. The monoisotopic (exact) mass is 255 g/mol. The Morgan fingerprint density at radius 2 is 2.17 bits per heavy atom. The molecule has 1 aliphatic heterocycles. The normalized spacial score (nSPS) is 22.7. The van der Waals surface area contributed by atoms with Crippen LogP contribution in [0.5, 0.6) is 0 Å².